The Morgan fingerprint density at radius 2 is 1.12 bits per heavy atom. The van der Waals surface area contributed by atoms with Gasteiger partial charge in [0, 0.05) is 0 Å². The monoisotopic (exact) mass is 726 g/mol. The first kappa shape index (κ1) is 38.7. The Morgan fingerprint density at radius 3 is 1.52 bits per heavy atom. The summed E-state index contributed by atoms with van der Waals surface area (Å²) in [5, 5.41) is 17.1. The zero-order chi connectivity index (χ0) is 33.9. The van der Waals surface area contributed by atoms with Gasteiger partial charge in [-0.05, 0) is 16.4 Å². The Hall–Kier alpha value is -3.71. The Kier molecular flexibility index (Phi) is 14.7. The van der Waals surface area contributed by atoms with Crippen LogP contribution in [0.5, 0.6) is 5.75 Å². The van der Waals surface area contributed by atoms with Crippen LogP contribution < -0.4 is 17.5 Å². The average molecular weight is 729 g/mol. The molecule has 0 unspecified atom stereocenters. The molecular formula is C45H45ClOZr-2. The van der Waals surface area contributed by atoms with Gasteiger partial charge in [-0.25, -0.2) is 12.2 Å². The molecule has 0 amide bonds. The quantitative estimate of drug-likeness (QED) is 0.165. The topological polar surface area (TPSA) is 23.1 Å². The molecule has 6 aromatic rings. The van der Waals surface area contributed by atoms with E-state index in [9.17, 15) is 5.11 Å². The van der Waals surface area contributed by atoms with E-state index >= 15 is 0 Å². The van der Waals surface area contributed by atoms with E-state index in [1.165, 1.54) is 65.7 Å². The Bertz CT molecular complexity index is 1830. The fraction of sp³-hybridized carbons (Fsp3) is 0.200. The van der Waals surface area contributed by atoms with Gasteiger partial charge >= 0.3 is 99.2 Å². The van der Waals surface area contributed by atoms with Crippen molar-refractivity contribution >= 4 is 24.8 Å². The molecule has 0 aromatic heterocycles. The zero-order valence-electron chi connectivity index (χ0n) is 28.9. The molecule has 0 radical (unpaired) electrons. The molecule has 0 atom stereocenters. The maximum atomic E-state index is 11.7. The van der Waals surface area contributed by atoms with Gasteiger partial charge in [0.1, 0.15) is 0 Å². The predicted molar refractivity (Wildman–Crippen MR) is 198 cm³/mol. The van der Waals surface area contributed by atoms with Gasteiger partial charge in [-0.2, -0.15) is 6.08 Å². The fourth-order valence-corrected chi connectivity index (χ4v) is 6.02. The maximum Gasteiger partial charge on any atom is -0.0771 e. The summed E-state index contributed by atoms with van der Waals surface area (Å²) in [6.45, 7) is 12.7. The first-order chi connectivity index (χ1) is 22.4. The van der Waals surface area contributed by atoms with E-state index in [0.717, 1.165) is 12.0 Å². The van der Waals surface area contributed by atoms with Gasteiger partial charge in [-0.1, -0.05) is 102 Å². The van der Waals surface area contributed by atoms with Crippen molar-refractivity contribution in [2.75, 3.05) is 0 Å². The molecule has 0 saturated carbocycles. The van der Waals surface area contributed by atoms with Crippen molar-refractivity contribution in [3.05, 3.63) is 180 Å². The number of hydrogen-bond donors (Lipinski definition) is 0. The van der Waals surface area contributed by atoms with E-state index in [1.807, 2.05) is 18.2 Å². The van der Waals surface area contributed by atoms with E-state index in [4.69, 9.17) is 0 Å². The van der Waals surface area contributed by atoms with Gasteiger partial charge in [0.15, 0.2) is 0 Å². The molecule has 48 heavy (non-hydrogen) atoms. The Morgan fingerprint density at radius 1 is 0.646 bits per heavy atom. The summed E-state index contributed by atoms with van der Waals surface area (Å²) in [7, 11) is 0. The Labute approximate surface area is 309 Å². The van der Waals surface area contributed by atoms with Gasteiger partial charge < -0.3 is 17.5 Å². The fourth-order valence-electron chi connectivity index (χ4n) is 5.20. The normalized spacial score (nSPS) is 11.8. The third kappa shape index (κ3) is 11.2. The van der Waals surface area contributed by atoms with Crippen molar-refractivity contribution in [3.63, 3.8) is 0 Å². The molecule has 0 spiro atoms. The number of halogens is 1. The zero-order valence-corrected chi connectivity index (χ0v) is 32.1. The largest absolute Gasteiger partial charge is 0.126 e. The van der Waals surface area contributed by atoms with Crippen LogP contribution >= 0.6 is 0 Å². The number of fused-ring (bicyclic) bond motifs is 3. The molecule has 0 aliphatic heterocycles. The molecule has 0 bridgehead atoms. The van der Waals surface area contributed by atoms with E-state index in [1.54, 1.807) is 6.07 Å². The average Bonchev–Trinajstić information content (AvgIpc) is 3.77. The van der Waals surface area contributed by atoms with Crippen LogP contribution in [0.25, 0.3) is 21.5 Å². The van der Waals surface area contributed by atoms with Crippen LogP contribution in [0, 0.1) is 6.08 Å². The second kappa shape index (κ2) is 18.2. The Balaban J connectivity index is 0.000000180. The molecule has 0 N–H and O–H groups in total. The van der Waals surface area contributed by atoms with Gasteiger partial charge in [-0.15, -0.1) is 51.9 Å². The second-order valence-corrected chi connectivity index (χ2v) is 14.9. The van der Waals surface area contributed by atoms with Gasteiger partial charge in [0.25, 0.3) is 0 Å². The first-order valence-electron chi connectivity index (χ1n) is 16.2. The molecule has 0 fully saturated rings. The van der Waals surface area contributed by atoms with Crippen LogP contribution in [0.3, 0.4) is 0 Å². The minimum Gasteiger partial charge on any atom is -0.126 e. The second-order valence-electron chi connectivity index (χ2n) is 13.6. The van der Waals surface area contributed by atoms with Gasteiger partial charge in [0.2, 0.25) is 0 Å². The van der Waals surface area contributed by atoms with Crippen LogP contribution in [0.4, 0.5) is 0 Å². The van der Waals surface area contributed by atoms with Gasteiger partial charge in [0.05, 0.1) is 0 Å². The van der Waals surface area contributed by atoms with Gasteiger partial charge in [-0.3, -0.25) is 6.08 Å². The summed E-state index contributed by atoms with van der Waals surface area (Å²) in [5.41, 5.74) is 4.84. The minimum atomic E-state index is -0.0711. The van der Waals surface area contributed by atoms with E-state index in [0.29, 0.717) is 0 Å². The first-order valence-corrected chi connectivity index (χ1v) is 17.4. The molecule has 0 heterocycles. The third-order valence-electron chi connectivity index (χ3n) is 7.89. The number of hydrogen-bond acceptors (Lipinski definition) is 1. The molecule has 1 nitrogen and oxygen atoms in total. The van der Waals surface area contributed by atoms with E-state index < -0.39 is 0 Å². The summed E-state index contributed by atoms with van der Waals surface area (Å²) in [5.74, 6) is 0.149. The predicted octanol–water partition coefficient (Wildman–Crippen LogP) is 8.18. The standard InChI is InChI=1S/C14H22O.C13H9.C13H10.C5H5.ClH.Zr/c1-13(2,3)10-7-8-12(15)11(9-10)14(4,5)6;1-3-7-12-10(5-1)9-11-6-2-4-8-13(11)12;1-3-7-12(8-4-1)11-13-9-5-2-6-10-13;1-2-4-5-3-1;;/h7-9,15H,1-6H3;1-9H;1-10H;1-3H,4H2;1H;/q;-1;;-1;;+2/p-2. The molecule has 1 aliphatic rings. The van der Waals surface area contributed by atoms with Crippen LogP contribution in [-0.2, 0) is 35.1 Å². The SMILES string of the molecule is CC(C)(C)c1ccc([O-])c(C(C)(C)C)c1.[C-]1=CC=CC1.[Cl-].[Zr+2]=[C](c1ccccc1)c1ccccc1.c1ccc2c(c1)[cH-]c1ccccc12. The molecular weight excluding hydrogens is 683 g/mol. The molecule has 7 rings (SSSR count). The number of benzene rings is 5. The van der Waals surface area contributed by atoms with Crippen LogP contribution in [-0.4, -0.2) is 3.21 Å². The summed E-state index contributed by atoms with van der Waals surface area (Å²) >= 11 is 1.46. The van der Waals surface area contributed by atoms with Crippen molar-refractivity contribution < 1.29 is 41.7 Å². The molecule has 0 saturated heterocycles. The molecule has 244 valence electrons. The van der Waals surface area contributed by atoms with Crippen molar-refractivity contribution in [3.8, 4) is 5.75 Å². The van der Waals surface area contributed by atoms with Crippen molar-refractivity contribution in [1.82, 2.24) is 0 Å². The van der Waals surface area contributed by atoms with Crippen molar-refractivity contribution in [1.29, 1.82) is 0 Å². The summed E-state index contributed by atoms with van der Waals surface area (Å²) in [6, 6.07) is 46.1. The maximum absolute atomic E-state index is 11.7. The summed E-state index contributed by atoms with van der Waals surface area (Å²) in [6.07, 6.45) is 10.0. The molecule has 1 aliphatic carbocycles. The minimum absolute atomic E-state index is 0. The summed E-state index contributed by atoms with van der Waals surface area (Å²) in [4.78, 5) is 0. The molecule has 3 heteroatoms. The summed E-state index contributed by atoms with van der Waals surface area (Å²) < 4.78 is 1.42. The van der Waals surface area contributed by atoms with E-state index in [-0.39, 0.29) is 29.0 Å². The smallest absolute Gasteiger partial charge is 0.0771 e. The van der Waals surface area contributed by atoms with Crippen molar-refractivity contribution in [2.45, 2.75) is 58.8 Å². The van der Waals surface area contributed by atoms with E-state index in [2.05, 4.69) is 175 Å². The van der Waals surface area contributed by atoms with Crippen LogP contribution in [0.15, 0.2) is 152 Å². The third-order valence-corrected chi connectivity index (χ3v) is 9.31. The van der Waals surface area contributed by atoms with Crippen molar-refractivity contribution in [2.24, 2.45) is 0 Å². The van der Waals surface area contributed by atoms with Crippen LogP contribution in [0.1, 0.15) is 70.2 Å². The molecule has 6 aromatic carbocycles. The number of rotatable bonds is 2. The van der Waals surface area contributed by atoms with Crippen LogP contribution in [0.2, 0.25) is 0 Å². The number of allylic oxidation sites excluding steroid dienone is 4.